The lowest BCUT2D eigenvalue weighted by molar-refractivity contribution is -0.137. The summed E-state index contributed by atoms with van der Waals surface area (Å²) in [6.45, 7) is 10.8. The highest BCUT2D eigenvalue weighted by atomic mass is 35.5. The van der Waals surface area contributed by atoms with Gasteiger partial charge in [-0.3, -0.25) is 4.90 Å². The molecule has 0 aromatic heterocycles. The predicted molar refractivity (Wildman–Crippen MR) is 191 cm³/mol. The van der Waals surface area contributed by atoms with Crippen LogP contribution in [0.2, 0.25) is 0 Å². The van der Waals surface area contributed by atoms with Crippen LogP contribution in [0.25, 0.3) is 0 Å². The topological polar surface area (TPSA) is 27.7 Å². The average Bonchev–Trinajstić information content (AvgIpc) is 3.04. The van der Waals surface area contributed by atoms with Crippen molar-refractivity contribution in [2.45, 2.75) is 55.3 Å². The Labute approximate surface area is 288 Å². The van der Waals surface area contributed by atoms with E-state index in [1.165, 1.54) is 33.3 Å². The second-order valence-corrected chi connectivity index (χ2v) is 11.7. The first-order valence-electron chi connectivity index (χ1n) is 15.2. The van der Waals surface area contributed by atoms with E-state index in [1.54, 1.807) is 0 Å². The molecule has 0 aliphatic carbocycles. The first kappa shape index (κ1) is 39.3. The van der Waals surface area contributed by atoms with Gasteiger partial charge in [-0.25, -0.2) is 0 Å². The van der Waals surface area contributed by atoms with Crippen molar-refractivity contribution >= 4 is 48.0 Å². The molecule has 0 spiro atoms. The smallest absolute Gasteiger partial charge is 0.416 e. The fourth-order valence-electron chi connectivity index (χ4n) is 5.33. The molecular weight excluding hydrogens is 650 g/mol. The number of rotatable bonds is 11. The molecule has 4 aromatic rings. The summed E-state index contributed by atoms with van der Waals surface area (Å²) >= 11 is 1.88. The second kappa shape index (κ2) is 19.1. The molecule has 0 saturated heterocycles. The summed E-state index contributed by atoms with van der Waals surface area (Å²) in [4.78, 5) is 7.72. The number of fused-ring (bicyclic) bond motifs is 2. The number of nitrogens with one attached hydrogen (secondary N) is 1. The highest BCUT2D eigenvalue weighted by Crippen LogP contribution is 2.47. The summed E-state index contributed by atoms with van der Waals surface area (Å²) in [5.41, 5.74) is 3.00. The summed E-state index contributed by atoms with van der Waals surface area (Å²) in [5, 5.41) is 3.05. The third kappa shape index (κ3) is 10.6. The van der Waals surface area contributed by atoms with E-state index in [-0.39, 0.29) is 30.9 Å². The average molecular weight is 695 g/mol. The maximum atomic E-state index is 12.6. The van der Waals surface area contributed by atoms with Crippen LogP contribution in [0.3, 0.4) is 0 Å². The van der Waals surface area contributed by atoms with E-state index in [0.717, 1.165) is 50.3 Å². The minimum atomic E-state index is -4.33. The van der Waals surface area contributed by atoms with Crippen LogP contribution in [-0.4, -0.2) is 44.2 Å². The molecule has 1 aliphatic rings. The number of ether oxygens (including phenoxy) is 1. The summed E-state index contributed by atoms with van der Waals surface area (Å²) in [6.07, 6.45) is -3.81. The summed E-state index contributed by atoms with van der Waals surface area (Å²) in [6, 6.07) is 32.4. The number of hydrogen-bond acceptors (Lipinski definition) is 5. The zero-order valence-electron chi connectivity index (χ0n) is 26.7. The molecule has 0 bridgehead atoms. The molecular formula is C36H44Cl2F3N3OS. The van der Waals surface area contributed by atoms with E-state index in [9.17, 15) is 13.2 Å². The molecule has 250 valence electrons. The number of likely N-dealkylation sites (N-methyl/N-ethyl adjacent to an activating group) is 1. The molecule has 4 aromatic carbocycles. The number of halogens is 5. The number of para-hydroxylation sites is 2. The second-order valence-electron chi connectivity index (χ2n) is 10.6. The Bertz CT molecular complexity index is 1400. The summed E-state index contributed by atoms with van der Waals surface area (Å²) < 4.78 is 43.6. The van der Waals surface area contributed by atoms with Crippen LogP contribution in [0.1, 0.15) is 44.4 Å². The molecule has 1 aliphatic heterocycles. The lowest BCUT2D eigenvalue weighted by Gasteiger charge is -2.37. The lowest BCUT2D eigenvalue weighted by atomic mass is 10.1. The van der Waals surface area contributed by atoms with Crippen LogP contribution in [0, 0.1) is 0 Å². The van der Waals surface area contributed by atoms with Crippen molar-refractivity contribution in [3.8, 4) is 5.75 Å². The van der Waals surface area contributed by atoms with Crippen LogP contribution in [0.5, 0.6) is 5.75 Å². The van der Waals surface area contributed by atoms with Crippen LogP contribution in [0.15, 0.2) is 113 Å². The van der Waals surface area contributed by atoms with Gasteiger partial charge in [0.2, 0.25) is 0 Å². The third-order valence-electron chi connectivity index (χ3n) is 7.70. The largest absolute Gasteiger partial charge is 0.486 e. The Kier molecular flexibility index (Phi) is 16.3. The van der Waals surface area contributed by atoms with E-state index in [0.29, 0.717) is 11.8 Å². The standard InChI is InChI=1S/C19H24N2S.C17H18F3NO.2ClH/c1-4-20(5-2)15(3)14-21-16-10-6-8-12-18(16)22-19-13-9-7-11-17(19)21;1-21-12-11-16(13-5-3-2-4-6-13)22-15-9-7-14(8-10-15)17(18,19)20;;/h6-13,15H,4-5,14H2,1-3H3;2-10,16,21H,11-12H2,1H3;2*1H. The molecule has 5 rings (SSSR count). The highest BCUT2D eigenvalue weighted by molar-refractivity contribution is 7.99. The molecule has 0 amide bonds. The molecule has 1 N–H and O–H groups in total. The normalized spacial score (nSPS) is 13.2. The maximum absolute atomic E-state index is 12.6. The van der Waals surface area contributed by atoms with E-state index < -0.39 is 11.7 Å². The van der Waals surface area contributed by atoms with Gasteiger partial charge in [0.1, 0.15) is 11.9 Å². The van der Waals surface area contributed by atoms with Crippen LogP contribution in [0.4, 0.5) is 24.5 Å². The zero-order valence-corrected chi connectivity index (χ0v) is 29.1. The molecule has 4 nitrogen and oxygen atoms in total. The van der Waals surface area contributed by atoms with Gasteiger partial charge in [0, 0.05) is 28.8 Å². The van der Waals surface area contributed by atoms with Gasteiger partial charge in [0.05, 0.1) is 16.9 Å². The van der Waals surface area contributed by atoms with Gasteiger partial charge in [-0.15, -0.1) is 24.8 Å². The quantitative estimate of drug-likeness (QED) is 0.169. The van der Waals surface area contributed by atoms with Crippen molar-refractivity contribution in [2.75, 3.05) is 38.1 Å². The monoisotopic (exact) mass is 693 g/mol. The Balaban J connectivity index is 0.000000307. The number of hydrogen-bond donors (Lipinski definition) is 1. The number of anilines is 2. The van der Waals surface area contributed by atoms with Crippen LogP contribution in [-0.2, 0) is 6.18 Å². The minimum Gasteiger partial charge on any atom is -0.486 e. The van der Waals surface area contributed by atoms with E-state index in [2.05, 4.69) is 84.4 Å². The lowest BCUT2D eigenvalue weighted by Crippen LogP contribution is -2.41. The summed E-state index contributed by atoms with van der Waals surface area (Å²) in [7, 11) is 1.85. The van der Waals surface area contributed by atoms with Crippen molar-refractivity contribution in [3.05, 3.63) is 114 Å². The molecule has 46 heavy (non-hydrogen) atoms. The third-order valence-corrected chi connectivity index (χ3v) is 8.83. The van der Waals surface area contributed by atoms with Crippen LogP contribution >= 0.6 is 36.6 Å². The van der Waals surface area contributed by atoms with Gasteiger partial charge in [0.25, 0.3) is 0 Å². The van der Waals surface area contributed by atoms with Gasteiger partial charge in [-0.2, -0.15) is 13.2 Å². The van der Waals surface area contributed by atoms with Crippen molar-refractivity contribution in [1.29, 1.82) is 0 Å². The Morgan fingerprint density at radius 3 is 1.80 bits per heavy atom. The number of nitrogens with zero attached hydrogens (tertiary/aromatic N) is 2. The fraction of sp³-hybridized carbons (Fsp3) is 0.333. The highest BCUT2D eigenvalue weighted by Gasteiger charge is 2.30. The molecule has 2 atom stereocenters. The van der Waals surface area contributed by atoms with Gasteiger partial charge < -0.3 is 15.0 Å². The van der Waals surface area contributed by atoms with E-state index in [1.807, 2.05) is 49.1 Å². The minimum absolute atomic E-state index is 0. The van der Waals surface area contributed by atoms with E-state index >= 15 is 0 Å². The van der Waals surface area contributed by atoms with Gasteiger partial charge in [-0.1, -0.05) is 80.2 Å². The van der Waals surface area contributed by atoms with Crippen molar-refractivity contribution in [3.63, 3.8) is 0 Å². The SMILES string of the molecule is CCN(CC)C(C)CN1c2ccccc2Sc2ccccc21.CNCCC(Oc1ccc(C(F)(F)F)cc1)c1ccccc1.Cl.Cl. The molecule has 10 heteroatoms. The predicted octanol–water partition coefficient (Wildman–Crippen LogP) is 10.3. The molecule has 0 radical (unpaired) electrons. The number of alkyl halides is 3. The first-order chi connectivity index (χ1) is 21.2. The van der Waals surface area contributed by atoms with Gasteiger partial charge in [0.15, 0.2) is 0 Å². The summed E-state index contributed by atoms with van der Waals surface area (Å²) in [5.74, 6) is 0.429. The Hall–Kier alpha value is -2.88. The number of benzene rings is 4. The van der Waals surface area contributed by atoms with Crippen molar-refractivity contribution in [1.82, 2.24) is 10.2 Å². The van der Waals surface area contributed by atoms with Crippen molar-refractivity contribution < 1.29 is 17.9 Å². The Morgan fingerprint density at radius 2 is 1.30 bits per heavy atom. The van der Waals surface area contributed by atoms with Gasteiger partial charge >= 0.3 is 6.18 Å². The van der Waals surface area contributed by atoms with Crippen molar-refractivity contribution in [2.24, 2.45) is 0 Å². The molecule has 0 fully saturated rings. The van der Waals surface area contributed by atoms with Crippen LogP contribution < -0.4 is 15.0 Å². The zero-order chi connectivity index (χ0) is 31.5. The molecule has 2 unspecified atom stereocenters. The van der Waals surface area contributed by atoms with Gasteiger partial charge in [-0.05, 0) is 87.7 Å². The fourth-order valence-corrected chi connectivity index (χ4v) is 6.42. The Morgan fingerprint density at radius 1 is 0.783 bits per heavy atom. The van der Waals surface area contributed by atoms with E-state index in [4.69, 9.17) is 4.74 Å². The first-order valence-corrected chi connectivity index (χ1v) is 16.0. The maximum Gasteiger partial charge on any atom is 0.416 e. The molecule has 0 saturated carbocycles. The molecule has 1 heterocycles.